The number of thioether (sulfide) groups is 1. The lowest BCUT2D eigenvalue weighted by atomic mass is 10.0. The van der Waals surface area contributed by atoms with Gasteiger partial charge in [0, 0.05) is 12.0 Å². The molecule has 33 heavy (non-hydrogen) atoms. The third-order valence-electron chi connectivity index (χ3n) is 5.17. The van der Waals surface area contributed by atoms with Crippen molar-refractivity contribution in [3.05, 3.63) is 84.4 Å². The highest BCUT2D eigenvalue weighted by atomic mass is 32.3. The molecule has 0 saturated carbocycles. The second-order valence-corrected chi connectivity index (χ2v) is 10.9. The lowest BCUT2D eigenvalue weighted by molar-refractivity contribution is -0.119. The fraction of sp³-hybridized carbons (Fsp3) is 0.120. The second kappa shape index (κ2) is 9.14. The normalized spacial score (nSPS) is 17.7. The van der Waals surface area contributed by atoms with Crippen molar-refractivity contribution < 1.29 is 22.7 Å². The fourth-order valence-electron chi connectivity index (χ4n) is 3.38. The van der Waals surface area contributed by atoms with Crippen LogP contribution in [0.25, 0.3) is 11.1 Å². The summed E-state index contributed by atoms with van der Waals surface area (Å²) in [5, 5.41) is 1.38. The van der Waals surface area contributed by atoms with Gasteiger partial charge in [0.1, 0.15) is 5.75 Å². The van der Waals surface area contributed by atoms with Gasteiger partial charge in [0.05, 0.1) is 12.0 Å². The molecule has 0 bridgehead atoms. The zero-order chi connectivity index (χ0) is 23.5. The quantitative estimate of drug-likeness (QED) is 0.553. The van der Waals surface area contributed by atoms with E-state index in [1.54, 1.807) is 0 Å². The zero-order valence-corrected chi connectivity index (χ0v) is 19.2. The van der Waals surface area contributed by atoms with Crippen LogP contribution in [-0.4, -0.2) is 30.8 Å². The molecule has 166 valence electrons. The summed E-state index contributed by atoms with van der Waals surface area (Å²) in [6, 6.07) is 23.0. The van der Waals surface area contributed by atoms with Crippen LogP contribution in [-0.2, 0) is 14.6 Å². The lowest BCUT2D eigenvalue weighted by Crippen LogP contribution is -2.43. The van der Waals surface area contributed by atoms with E-state index in [1.165, 1.54) is 31.4 Å². The summed E-state index contributed by atoms with van der Waals surface area (Å²) in [5.74, 6) is 5.30. The molecule has 8 heteroatoms. The number of imide groups is 1. The topological polar surface area (TPSA) is 89.5 Å². The SMILES string of the molecule is COc1ccc(S(=O)(=O)C2(CC#Cc3ccc(-c4ccccc4)cc3)SC(=O)NC2=O)cc1. The molecule has 0 aromatic heterocycles. The van der Waals surface area contributed by atoms with Gasteiger partial charge in [-0.1, -0.05) is 54.3 Å². The van der Waals surface area contributed by atoms with Crippen LogP contribution in [0, 0.1) is 11.8 Å². The van der Waals surface area contributed by atoms with Crippen LogP contribution in [0.15, 0.2) is 83.8 Å². The number of rotatable bonds is 5. The number of hydrogen-bond acceptors (Lipinski definition) is 6. The van der Waals surface area contributed by atoms with Crippen LogP contribution in [0.1, 0.15) is 12.0 Å². The van der Waals surface area contributed by atoms with Crippen molar-refractivity contribution in [1.82, 2.24) is 5.32 Å². The number of hydrogen-bond donors (Lipinski definition) is 1. The summed E-state index contributed by atoms with van der Waals surface area (Å²) in [4.78, 5) is 24.5. The van der Waals surface area contributed by atoms with E-state index in [0.717, 1.165) is 11.1 Å². The molecule has 2 amide bonds. The molecule has 0 aliphatic carbocycles. The van der Waals surface area contributed by atoms with Crippen molar-refractivity contribution in [1.29, 1.82) is 0 Å². The van der Waals surface area contributed by atoms with E-state index in [9.17, 15) is 18.0 Å². The summed E-state index contributed by atoms with van der Waals surface area (Å²) in [5.41, 5.74) is 2.76. The van der Waals surface area contributed by atoms with E-state index in [2.05, 4.69) is 17.2 Å². The summed E-state index contributed by atoms with van der Waals surface area (Å²) in [6.45, 7) is 0. The Morgan fingerprint density at radius 2 is 1.55 bits per heavy atom. The predicted octanol–water partition coefficient (Wildman–Crippen LogP) is 4.26. The highest BCUT2D eigenvalue weighted by Crippen LogP contribution is 2.43. The molecule has 1 unspecified atom stereocenters. The van der Waals surface area contributed by atoms with Crippen molar-refractivity contribution in [2.75, 3.05) is 7.11 Å². The van der Waals surface area contributed by atoms with E-state index in [1.807, 2.05) is 54.6 Å². The maximum atomic E-state index is 13.4. The van der Waals surface area contributed by atoms with Gasteiger partial charge in [-0.3, -0.25) is 14.9 Å². The third kappa shape index (κ3) is 4.38. The van der Waals surface area contributed by atoms with Gasteiger partial charge in [-0.15, -0.1) is 0 Å². The fourth-order valence-corrected chi connectivity index (χ4v) is 6.50. The average molecular weight is 478 g/mol. The first-order chi connectivity index (χ1) is 15.9. The van der Waals surface area contributed by atoms with Crippen molar-refractivity contribution >= 4 is 32.7 Å². The van der Waals surface area contributed by atoms with Crippen molar-refractivity contribution in [2.24, 2.45) is 0 Å². The number of amides is 2. The number of sulfone groups is 1. The van der Waals surface area contributed by atoms with Gasteiger partial charge in [0.15, 0.2) is 0 Å². The van der Waals surface area contributed by atoms with E-state index >= 15 is 0 Å². The van der Waals surface area contributed by atoms with Crippen LogP contribution < -0.4 is 10.1 Å². The minimum absolute atomic E-state index is 0.0883. The Kier molecular flexibility index (Phi) is 6.27. The van der Waals surface area contributed by atoms with E-state index < -0.39 is 25.1 Å². The molecule has 1 atom stereocenters. The zero-order valence-electron chi connectivity index (χ0n) is 17.6. The van der Waals surface area contributed by atoms with E-state index in [4.69, 9.17) is 4.74 Å². The Morgan fingerprint density at radius 1 is 0.909 bits per heavy atom. The first-order valence-electron chi connectivity index (χ1n) is 9.93. The Bertz CT molecular complexity index is 1360. The second-order valence-electron chi connectivity index (χ2n) is 7.20. The van der Waals surface area contributed by atoms with Gasteiger partial charge in [0.25, 0.3) is 11.1 Å². The smallest absolute Gasteiger partial charge is 0.287 e. The van der Waals surface area contributed by atoms with Crippen LogP contribution in [0.4, 0.5) is 4.79 Å². The molecule has 6 nitrogen and oxygen atoms in total. The number of nitrogens with one attached hydrogen (secondary N) is 1. The van der Waals surface area contributed by atoms with Gasteiger partial charge in [0.2, 0.25) is 13.9 Å². The standard InChI is InChI=1S/C25H19NO5S2/c1-31-21-13-15-22(16-14-21)33(29,30)25(23(27)26-24(28)32-25)17-5-6-18-9-11-20(12-10-18)19-7-3-2-4-8-19/h2-4,7-16H,17H2,1H3,(H,26,27,28). The largest absolute Gasteiger partial charge is 0.497 e. The number of carbonyl (C=O) groups excluding carboxylic acids is 2. The molecule has 1 aliphatic heterocycles. The molecule has 1 aliphatic rings. The molecule has 1 heterocycles. The van der Waals surface area contributed by atoms with Gasteiger partial charge in [-0.05, 0) is 59.3 Å². The molecule has 0 spiro atoms. The molecule has 3 aromatic rings. The maximum absolute atomic E-state index is 13.4. The summed E-state index contributed by atoms with van der Waals surface area (Å²) < 4.78 is 29.8. The Labute approximate surface area is 196 Å². The summed E-state index contributed by atoms with van der Waals surface area (Å²) in [6.07, 6.45) is -0.343. The maximum Gasteiger partial charge on any atom is 0.287 e. The number of methoxy groups -OCH3 is 1. The molecule has 0 radical (unpaired) electrons. The predicted molar refractivity (Wildman–Crippen MR) is 127 cm³/mol. The van der Waals surface area contributed by atoms with Crippen molar-refractivity contribution in [2.45, 2.75) is 15.4 Å². The van der Waals surface area contributed by atoms with E-state index in [-0.39, 0.29) is 11.3 Å². The van der Waals surface area contributed by atoms with Gasteiger partial charge >= 0.3 is 0 Å². The highest BCUT2D eigenvalue weighted by Gasteiger charge is 2.58. The van der Waals surface area contributed by atoms with Crippen LogP contribution in [0.5, 0.6) is 5.75 Å². The molecule has 1 N–H and O–H groups in total. The van der Waals surface area contributed by atoms with Gasteiger partial charge < -0.3 is 4.74 Å². The summed E-state index contributed by atoms with van der Waals surface area (Å²) >= 11 is 0.446. The number of ether oxygens (including phenoxy) is 1. The summed E-state index contributed by atoms with van der Waals surface area (Å²) in [7, 11) is -2.77. The van der Waals surface area contributed by atoms with Gasteiger partial charge in [-0.25, -0.2) is 8.42 Å². The van der Waals surface area contributed by atoms with Crippen LogP contribution >= 0.6 is 11.8 Å². The number of carbonyl (C=O) groups is 2. The van der Waals surface area contributed by atoms with Crippen molar-refractivity contribution in [3.63, 3.8) is 0 Å². The minimum Gasteiger partial charge on any atom is -0.497 e. The molecule has 1 saturated heterocycles. The minimum atomic E-state index is -4.23. The molecule has 4 rings (SSSR count). The third-order valence-corrected chi connectivity index (χ3v) is 9.11. The lowest BCUT2D eigenvalue weighted by Gasteiger charge is -2.22. The number of benzene rings is 3. The Morgan fingerprint density at radius 3 is 2.12 bits per heavy atom. The van der Waals surface area contributed by atoms with Gasteiger partial charge in [-0.2, -0.15) is 0 Å². The van der Waals surface area contributed by atoms with Crippen LogP contribution in [0.2, 0.25) is 0 Å². The first-order valence-corrected chi connectivity index (χ1v) is 12.2. The monoisotopic (exact) mass is 477 g/mol. The Balaban J connectivity index is 1.63. The Hall–Kier alpha value is -3.54. The first kappa shape index (κ1) is 22.6. The van der Waals surface area contributed by atoms with Crippen LogP contribution in [0.3, 0.4) is 0 Å². The molecular weight excluding hydrogens is 458 g/mol. The van der Waals surface area contributed by atoms with E-state index in [0.29, 0.717) is 23.1 Å². The van der Waals surface area contributed by atoms with Crippen molar-refractivity contribution in [3.8, 4) is 28.7 Å². The molecule has 3 aromatic carbocycles. The average Bonchev–Trinajstić information content (AvgIpc) is 3.14. The molecular formula is C25H19NO5S2. The molecule has 1 fully saturated rings. The highest BCUT2D eigenvalue weighted by molar-refractivity contribution is 8.25.